The molecule has 1 amide bonds. The third-order valence-electron chi connectivity index (χ3n) is 3.11. The maximum atomic E-state index is 11.5. The monoisotopic (exact) mass is 292 g/mol. The fourth-order valence-corrected chi connectivity index (χ4v) is 1.91. The predicted molar refractivity (Wildman–Crippen MR) is 83.8 cm³/mol. The number of amides is 1. The smallest absolute Gasteiger partial charge is 0.240 e. The van der Waals surface area contributed by atoms with E-state index in [1.54, 1.807) is 12.1 Å². The molecule has 0 atom stereocenters. The van der Waals surface area contributed by atoms with Crippen LogP contribution in [-0.4, -0.2) is 24.3 Å². The molecule has 0 radical (unpaired) electrons. The average Bonchev–Trinajstić information content (AvgIpc) is 2.47. The third kappa shape index (κ3) is 6.79. The number of rotatable bonds is 9. The van der Waals surface area contributed by atoms with Gasteiger partial charge in [-0.15, -0.1) is 0 Å². The molecule has 21 heavy (non-hydrogen) atoms. The first kappa shape index (κ1) is 17.0. The van der Waals surface area contributed by atoms with Gasteiger partial charge in [0.2, 0.25) is 5.91 Å². The van der Waals surface area contributed by atoms with Gasteiger partial charge in [0.1, 0.15) is 0 Å². The summed E-state index contributed by atoms with van der Waals surface area (Å²) < 4.78 is 4.95. The lowest BCUT2D eigenvalue weighted by atomic mass is 10.1. The molecular formula is C16H24N2O3. The molecule has 0 aromatic heterocycles. The lowest BCUT2D eigenvalue weighted by molar-refractivity contribution is -0.121. The summed E-state index contributed by atoms with van der Waals surface area (Å²) in [4.78, 5) is 11.5. The molecule has 0 heterocycles. The van der Waals surface area contributed by atoms with Crippen LogP contribution in [0.25, 0.3) is 0 Å². The molecule has 1 rings (SSSR count). The summed E-state index contributed by atoms with van der Waals surface area (Å²) in [5.74, 6) is 0.368. The Labute approximate surface area is 126 Å². The van der Waals surface area contributed by atoms with Crippen molar-refractivity contribution < 1.29 is 14.6 Å². The van der Waals surface area contributed by atoms with Gasteiger partial charge >= 0.3 is 0 Å². The minimum absolute atomic E-state index is 0.0451. The van der Waals surface area contributed by atoms with Crippen molar-refractivity contribution in [2.75, 3.05) is 7.11 Å². The van der Waals surface area contributed by atoms with Crippen LogP contribution in [0.5, 0.6) is 11.5 Å². The van der Waals surface area contributed by atoms with Crippen LogP contribution >= 0.6 is 0 Å². The molecule has 0 saturated heterocycles. The molecule has 5 heteroatoms. The van der Waals surface area contributed by atoms with E-state index < -0.39 is 0 Å². The highest BCUT2D eigenvalue weighted by Crippen LogP contribution is 2.25. The van der Waals surface area contributed by atoms with Crippen LogP contribution in [0.4, 0.5) is 0 Å². The highest BCUT2D eigenvalue weighted by Gasteiger charge is 2.01. The molecule has 0 fully saturated rings. The number of carbonyl (C=O) groups excluding carboxylic acids is 1. The Hall–Kier alpha value is -2.04. The molecule has 0 aliphatic carbocycles. The van der Waals surface area contributed by atoms with Crippen LogP contribution < -0.4 is 10.2 Å². The minimum Gasteiger partial charge on any atom is -0.504 e. The van der Waals surface area contributed by atoms with Crippen molar-refractivity contribution >= 4 is 12.1 Å². The second-order valence-electron chi connectivity index (χ2n) is 4.89. The number of nitrogens with zero attached hydrogens (tertiary/aromatic N) is 1. The van der Waals surface area contributed by atoms with E-state index in [9.17, 15) is 9.90 Å². The van der Waals surface area contributed by atoms with Crippen molar-refractivity contribution in [3.8, 4) is 11.5 Å². The number of carbonyl (C=O) groups is 1. The van der Waals surface area contributed by atoms with Crippen molar-refractivity contribution in [2.24, 2.45) is 5.10 Å². The number of hydrazone groups is 1. The van der Waals surface area contributed by atoms with Gasteiger partial charge in [-0.1, -0.05) is 32.6 Å². The topological polar surface area (TPSA) is 70.9 Å². The molecule has 0 saturated carbocycles. The first-order valence-corrected chi connectivity index (χ1v) is 7.36. The molecule has 1 aromatic carbocycles. The molecule has 0 unspecified atom stereocenters. The molecule has 0 bridgehead atoms. The summed E-state index contributed by atoms with van der Waals surface area (Å²) in [6.45, 7) is 2.17. The van der Waals surface area contributed by atoms with Gasteiger partial charge in [-0.2, -0.15) is 5.10 Å². The Morgan fingerprint density at radius 2 is 2.10 bits per heavy atom. The van der Waals surface area contributed by atoms with Gasteiger partial charge < -0.3 is 9.84 Å². The first-order valence-electron chi connectivity index (χ1n) is 7.36. The van der Waals surface area contributed by atoms with Crippen molar-refractivity contribution in [1.82, 2.24) is 5.43 Å². The van der Waals surface area contributed by atoms with E-state index in [4.69, 9.17) is 4.74 Å². The zero-order valence-corrected chi connectivity index (χ0v) is 12.8. The summed E-state index contributed by atoms with van der Waals surface area (Å²) in [5, 5.41) is 13.5. The van der Waals surface area contributed by atoms with Crippen molar-refractivity contribution in [1.29, 1.82) is 0 Å². The van der Waals surface area contributed by atoms with E-state index in [0.29, 0.717) is 17.7 Å². The summed E-state index contributed by atoms with van der Waals surface area (Å²) in [6.07, 6.45) is 7.56. The largest absolute Gasteiger partial charge is 0.504 e. The molecule has 0 spiro atoms. The Balaban J connectivity index is 2.30. The fourth-order valence-electron chi connectivity index (χ4n) is 1.91. The number of methoxy groups -OCH3 is 1. The maximum absolute atomic E-state index is 11.5. The number of hydrogen-bond acceptors (Lipinski definition) is 4. The molecular weight excluding hydrogens is 268 g/mol. The number of phenols is 1. The number of benzene rings is 1. The van der Waals surface area contributed by atoms with Gasteiger partial charge in [0, 0.05) is 6.42 Å². The average molecular weight is 292 g/mol. The summed E-state index contributed by atoms with van der Waals surface area (Å²) in [6, 6.07) is 4.92. The van der Waals surface area contributed by atoms with Crippen LogP contribution in [0, 0.1) is 0 Å². The van der Waals surface area contributed by atoms with Crippen molar-refractivity contribution in [2.45, 2.75) is 45.4 Å². The first-order chi connectivity index (χ1) is 10.2. The van der Waals surface area contributed by atoms with Crippen LogP contribution in [0.3, 0.4) is 0 Å². The number of aromatic hydroxyl groups is 1. The second kappa shape index (κ2) is 9.80. The summed E-state index contributed by atoms with van der Waals surface area (Å²) in [5.41, 5.74) is 3.18. The number of phenolic OH excluding ortho intramolecular Hbond substituents is 1. The number of unbranched alkanes of at least 4 members (excludes halogenated alkanes) is 4. The van der Waals surface area contributed by atoms with Gasteiger partial charge in [-0.25, -0.2) is 5.43 Å². The van der Waals surface area contributed by atoms with Gasteiger partial charge in [0.05, 0.1) is 13.3 Å². The molecule has 1 aromatic rings. The van der Waals surface area contributed by atoms with Gasteiger partial charge in [-0.05, 0) is 30.2 Å². The Bertz CT molecular complexity index is 473. The van der Waals surface area contributed by atoms with Crippen molar-refractivity contribution in [3.05, 3.63) is 23.8 Å². The zero-order valence-electron chi connectivity index (χ0n) is 12.8. The van der Waals surface area contributed by atoms with Crippen molar-refractivity contribution in [3.63, 3.8) is 0 Å². The number of ether oxygens (including phenoxy) is 1. The quantitative estimate of drug-likeness (QED) is 0.417. The predicted octanol–water partition coefficient (Wildman–Crippen LogP) is 3.21. The fraction of sp³-hybridized carbons (Fsp3) is 0.500. The summed E-state index contributed by atoms with van der Waals surface area (Å²) >= 11 is 0. The molecule has 5 nitrogen and oxygen atoms in total. The SMILES string of the molecule is CCCCCCCC(=O)NN=Cc1ccc(OC)c(O)c1. The van der Waals surface area contributed by atoms with E-state index in [0.717, 1.165) is 12.8 Å². The van der Waals surface area contributed by atoms with Crippen LogP contribution in [0.1, 0.15) is 51.0 Å². The lowest BCUT2D eigenvalue weighted by Gasteiger charge is -2.03. The highest BCUT2D eigenvalue weighted by atomic mass is 16.5. The Morgan fingerprint density at radius 3 is 2.76 bits per heavy atom. The minimum atomic E-state index is -0.0829. The molecule has 0 aliphatic rings. The molecule has 116 valence electrons. The van der Waals surface area contributed by atoms with Crippen LogP contribution in [0.2, 0.25) is 0 Å². The van der Waals surface area contributed by atoms with E-state index in [1.807, 2.05) is 0 Å². The third-order valence-corrected chi connectivity index (χ3v) is 3.11. The lowest BCUT2D eigenvalue weighted by Crippen LogP contribution is -2.16. The van der Waals surface area contributed by atoms with Gasteiger partial charge in [-0.3, -0.25) is 4.79 Å². The van der Waals surface area contributed by atoms with E-state index in [2.05, 4.69) is 17.5 Å². The van der Waals surface area contributed by atoms with E-state index in [-0.39, 0.29) is 11.7 Å². The Kier molecular flexibility index (Phi) is 7.94. The number of nitrogens with one attached hydrogen (secondary N) is 1. The van der Waals surface area contributed by atoms with Crippen LogP contribution in [-0.2, 0) is 4.79 Å². The summed E-state index contributed by atoms with van der Waals surface area (Å²) in [7, 11) is 1.49. The van der Waals surface area contributed by atoms with Crippen LogP contribution in [0.15, 0.2) is 23.3 Å². The Morgan fingerprint density at radius 1 is 1.33 bits per heavy atom. The van der Waals surface area contributed by atoms with Gasteiger partial charge in [0.15, 0.2) is 11.5 Å². The second-order valence-corrected chi connectivity index (χ2v) is 4.89. The number of hydrogen-bond donors (Lipinski definition) is 2. The standard InChI is InChI=1S/C16H24N2O3/c1-3-4-5-6-7-8-16(20)18-17-12-13-9-10-15(21-2)14(19)11-13/h9-12,19H,3-8H2,1-2H3,(H,18,20). The highest BCUT2D eigenvalue weighted by molar-refractivity contribution is 5.83. The van der Waals surface area contributed by atoms with Gasteiger partial charge in [0.25, 0.3) is 0 Å². The van der Waals surface area contributed by atoms with E-state index >= 15 is 0 Å². The molecule has 2 N–H and O–H groups in total. The van der Waals surface area contributed by atoms with E-state index in [1.165, 1.54) is 38.7 Å². The molecule has 0 aliphatic heterocycles. The maximum Gasteiger partial charge on any atom is 0.240 e. The normalized spacial score (nSPS) is 10.8. The zero-order chi connectivity index (χ0) is 15.5.